The van der Waals surface area contributed by atoms with Crippen LogP contribution in [0.1, 0.15) is 56.1 Å². The van der Waals surface area contributed by atoms with Crippen molar-refractivity contribution in [3.05, 3.63) is 23.4 Å². The van der Waals surface area contributed by atoms with Crippen LogP contribution in [-0.2, 0) is 4.74 Å². The molecule has 0 fully saturated rings. The van der Waals surface area contributed by atoms with E-state index >= 15 is 0 Å². The Morgan fingerprint density at radius 1 is 1.33 bits per heavy atom. The number of hydrogen-bond donors (Lipinski definition) is 2. The van der Waals surface area contributed by atoms with Crippen molar-refractivity contribution >= 4 is 11.7 Å². The highest BCUT2D eigenvalue weighted by Crippen LogP contribution is 2.17. The van der Waals surface area contributed by atoms with E-state index in [0.29, 0.717) is 12.2 Å². The first-order valence-corrected chi connectivity index (χ1v) is 7.53. The number of ether oxygens (including phenoxy) is 1. The molecular formula is C16H27N3O2. The van der Waals surface area contributed by atoms with Gasteiger partial charge in [-0.15, -0.1) is 0 Å². The summed E-state index contributed by atoms with van der Waals surface area (Å²) < 4.78 is 5.03. The minimum atomic E-state index is -0.0675. The van der Waals surface area contributed by atoms with E-state index in [0.717, 1.165) is 24.5 Å². The lowest BCUT2D eigenvalue weighted by Gasteiger charge is -2.15. The molecule has 1 unspecified atom stereocenters. The number of rotatable bonds is 8. The lowest BCUT2D eigenvalue weighted by molar-refractivity contribution is 0.0929. The molecule has 0 aliphatic rings. The van der Waals surface area contributed by atoms with Gasteiger partial charge in [-0.1, -0.05) is 13.8 Å². The number of carbonyl (C=O) groups is 1. The molecule has 0 aliphatic heterocycles. The van der Waals surface area contributed by atoms with Gasteiger partial charge in [0.2, 0.25) is 0 Å². The molecule has 0 saturated heterocycles. The van der Waals surface area contributed by atoms with Crippen LogP contribution in [0.15, 0.2) is 12.1 Å². The molecule has 5 heteroatoms. The fourth-order valence-corrected chi connectivity index (χ4v) is 1.92. The third-order valence-corrected chi connectivity index (χ3v) is 3.19. The van der Waals surface area contributed by atoms with Gasteiger partial charge in [0, 0.05) is 37.6 Å². The number of pyridine rings is 1. The van der Waals surface area contributed by atoms with Gasteiger partial charge in [-0.05, 0) is 38.3 Å². The SMILES string of the molecule is CCNc1cc(C(=O)NC(C)CCOC)cc(C(C)C)n1. The van der Waals surface area contributed by atoms with E-state index < -0.39 is 0 Å². The van der Waals surface area contributed by atoms with E-state index in [1.54, 1.807) is 13.2 Å². The maximum atomic E-state index is 12.3. The molecule has 21 heavy (non-hydrogen) atoms. The van der Waals surface area contributed by atoms with Gasteiger partial charge in [-0.2, -0.15) is 0 Å². The number of nitrogens with zero attached hydrogens (tertiary/aromatic N) is 1. The number of methoxy groups -OCH3 is 1. The van der Waals surface area contributed by atoms with Gasteiger partial charge in [-0.3, -0.25) is 4.79 Å². The molecule has 1 rings (SSSR count). The highest BCUT2D eigenvalue weighted by atomic mass is 16.5. The lowest BCUT2D eigenvalue weighted by Crippen LogP contribution is -2.33. The molecule has 0 aromatic carbocycles. The van der Waals surface area contributed by atoms with Crippen LogP contribution < -0.4 is 10.6 Å². The number of anilines is 1. The van der Waals surface area contributed by atoms with E-state index in [1.165, 1.54) is 0 Å². The summed E-state index contributed by atoms with van der Waals surface area (Å²) in [5, 5.41) is 6.17. The lowest BCUT2D eigenvalue weighted by atomic mass is 10.1. The molecule has 1 aromatic rings. The zero-order valence-electron chi connectivity index (χ0n) is 13.7. The van der Waals surface area contributed by atoms with Crippen LogP contribution in [-0.4, -0.2) is 37.2 Å². The second kappa shape index (κ2) is 8.62. The van der Waals surface area contributed by atoms with Crippen molar-refractivity contribution < 1.29 is 9.53 Å². The normalized spacial score (nSPS) is 12.3. The summed E-state index contributed by atoms with van der Waals surface area (Å²) >= 11 is 0. The van der Waals surface area contributed by atoms with Gasteiger partial charge >= 0.3 is 0 Å². The molecule has 0 bridgehead atoms. The predicted molar refractivity (Wildman–Crippen MR) is 85.9 cm³/mol. The molecule has 0 radical (unpaired) electrons. The Labute approximate surface area is 127 Å². The molecule has 1 heterocycles. The topological polar surface area (TPSA) is 63.2 Å². The van der Waals surface area contributed by atoms with Crippen LogP contribution in [0.5, 0.6) is 0 Å². The second-order valence-corrected chi connectivity index (χ2v) is 5.51. The van der Waals surface area contributed by atoms with E-state index in [9.17, 15) is 4.79 Å². The van der Waals surface area contributed by atoms with Gasteiger partial charge in [0.25, 0.3) is 5.91 Å². The van der Waals surface area contributed by atoms with E-state index in [4.69, 9.17) is 4.74 Å². The highest BCUT2D eigenvalue weighted by molar-refractivity contribution is 5.95. The Balaban J connectivity index is 2.86. The molecule has 0 saturated carbocycles. The van der Waals surface area contributed by atoms with Gasteiger partial charge in [0.1, 0.15) is 5.82 Å². The van der Waals surface area contributed by atoms with Crippen LogP contribution in [0.4, 0.5) is 5.82 Å². The quantitative estimate of drug-likeness (QED) is 0.773. The zero-order chi connectivity index (χ0) is 15.8. The minimum Gasteiger partial charge on any atom is -0.385 e. The van der Waals surface area contributed by atoms with Crippen molar-refractivity contribution in [2.75, 3.05) is 25.6 Å². The Kier molecular flexibility index (Phi) is 7.15. The molecular weight excluding hydrogens is 266 g/mol. The Hall–Kier alpha value is -1.62. The number of nitrogens with one attached hydrogen (secondary N) is 2. The molecule has 118 valence electrons. The average Bonchev–Trinajstić information content (AvgIpc) is 2.45. The number of aromatic nitrogens is 1. The monoisotopic (exact) mass is 293 g/mol. The number of carbonyl (C=O) groups excluding carboxylic acids is 1. The molecule has 1 amide bonds. The highest BCUT2D eigenvalue weighted by Gasteiger charge is 2.13. The maximum Gasteiger partial charge on any atom is 0.251 e. The molecule has 0 aliphatic carbocycles. The first kappa shape index (κ1) is 17.4. The van der Waals surface area contributed by atoms with E-state index in [2.05, 4.69) is 29.5 Å². The first-order valence-electron chi connectivity index (χ1n) is 7.53. The molecule has 1 atom stereocenters. The Morgan fingerprint density at radius 2 is 2.05 bits per heavy atom. The van der Waals surface area contributed by atoms with Crippen LogP contribution in [0, 0.1) is 0 Å². The Morgan fingerprint density at radius 3 is 2.62 bits per heavy atom. The van der Waals surface area contributed by atoms with Crippen LogP contribution in [0.2, 0.25) is 0 Å². The summed E-state index contributed by atoms with van der Waals surface area (Å²) in [4.78, 5) is 16.9. The summed E-state index contributed by atoms with van der Waals surface area (Å²) in [5.74, 6) is 0.960. The van der Waals surface area contributed by atoms with Crippen molar-refractivity contribution in [2.24, 2.45) is 0 Å². The summed E-state index contributed by atoms with van der Waals surface area (Å²) in [6.45, 7) is 9.54. The fourth-order valence-electron chi connectivity index (χ4n) is 1.92. The smallest absolute Gasteiger partial charge is 0.251 e. The molecule has 5 nitrogen and oxygen atoms in total. The van der Waals surface area contributed by atoms with E-state index in [1.807, 2.05) is 19.9 Å². The van der Waals surface area contributed by atoms with Gasteiger partial charge in [0.05, 0.1) is 0 Å². The number of hydrogen-bond acceptors (Lipinski definition) is 4. The molecule has 2 N–H and O–H groups in total. The second-order valence-electron chi connectivity index (χ2n) is 5.51. The van der Waals surface area contributed by atoms with Gasteiger partial charge in [0.15, 0.2) is 0 Å². The van der Waals surface area contributed by atoms with Crippen molar-refractivity contribution in [1.82, 2.24) is 10.3 Å². The van der Waals surface area contributed by atoms with Crippen molar-refractivity contribution in [2.45, 2.75) is 46.1 Å². The van der Waals surface area contributed by atoms with Gasteiger partial charge < -0.3 is 15.4 Å². The van der Waals surface area contributed by atoms with Gasteiger partial charge in [-0.25, -0.2) is 4.98 Å². The predicted octanol–water partition coefficient (Wildman–Crippen LogP) is 2.79. The molecule has 1 aromatic heterocycles. The standard InChI is InChI=1S/C16H27N3O2/c1-6-17-15-10-13(9-14(19-15)11(2)3)16(20)18-12(4)7-8-21-5/h9-12H,6-8H2,1-5H3,(H,17,19)(H,18,20). The summed E-state index contributed by atoms with van der Waals surface area (Å²) in [7, 11) is 1.66. The Bertz CT molecular complexity index is 461. The summed E-state index contributed by atoms with van der Waals surface area (Å²) in [6, 6.07) is 3.74. The fraction of sp³-hybridized carbons (Fsp3) is 0.625. The van der Waals surface area contributed by atoms with Crippen molar-refractivity contribution in [3.8, 4) is 0 Å². The van der Waals surface area contributed by atoms with E-state index in [-0.39, 0.29) is 17.9 Å². The average molecular weight is 293 g/mol. The molecule has 0 spiro atoms. The van der Waals surface area contributed by atoms with Crippen LogP contribution in [0.3, 0.4) is 0 Å². The largest absolute Gasteiger partial charge is 0.385 e. The first-order chi connectivity index (χ1) is 9.97. The third kappa shape index (κ3) is 5.71. The summed E-state index contributed by atoms with van der Waals surface area (Å²) in [5.41, 5.74) is 1.57. The maximum absolute atomic E-state index is 12.3. The summed E-state index contributed by atoms with van der Waals surface area (Å²) in [6.07, 6.45) is 0.796. The minimum absolute atomic E-state index is 0.0675. The third-order valence-electron chi connectivity index (χ3n) is 3.19. The van der Waals surface area contributed by atoms with Crippen molar-refractivity contribution in [1.29, 1.82) is 0 Å². The van der Waals surface area contributed by atoms with Crippen molar-refractivity contribution in [3.63, 3.8) is 0 Å². The van der Waals surface area contributed by atoms with Crippen LogP contribution >= 0.6 is 0 Å². The number of amides is 1. The van der Waals surface area contributed by atoms with Crippen LogP contribution in [0.25, 0.3) is 0 Å². The zero-order valence-corrected chi connectivity index (χ0v) is 13.7.